The Morgan fingerprint density at radius 1 is 0.756 bits per heavy atom. The first-order valence-electron chi connectivity index (χ1n) is 16.0. The number of carbonyl (C=O) groups excluding carboxylic acids is 1. The molecule has 0 atom stereocenters. The summed E-state index contributed by atoms with van der Waals surface area (Å²) in [4.78, 5) is 12.6. The molecule has 2 aromatic rings. The number of ether oxygens (including phenoxy) is 2. The summed E-state index contributed by atoms with van der Waals surface area (Å²) in [6.07, 6.45) is 18.3. The predicted molar refractivity (Wildman–Crippen MR) is 162 cm³/mol. The van der Waals surface area contributed by atoms with Crippen LogP contribution in [0.25, 0.3) is 0 Å². The highest BCUT2D eigenvalue weighted by Crippen LogP contribution is 2.33. The predicted octanol–water partition coefficient (Wildman–Crippen LogP) is 10.2. The first kappa shape index (κ1) is 32.6. The summed E-state index contributed by atoms with van der Waals surface area (Å²) < 4.78 is 40.3. The molecule has 41 heavy (non-hydrogen) atoms. The van der Waals surface area contributed by atoms with Gasteiger partial charge >= 0.3 is 5.97 Å². The summed E-state index contributed by atoms with van der Waals surface area (Å²) in [5, 5.41) is 0. The van der Waals surface area contributed by atoms with Crippen molar-refractivity contribution in [3.63, 3.8) is 0 Å². The molecule has 0 aromatic heterocycles. The molecule has 0 aliphatic heterocycles. The highest BCUT2D eigenvalue weighted by molar-refractivity contribution is 5.75. The zero-order valence-electron chi connectivity index (χ0n) is 25.1. The maximum atomic E-state index is 14.6. The quantitative estimate of drug-likeness (QED) is 0.0878. The lowest BCUT2D eigenvalue weighted by atomic mass is 9.80. The molecule has 0 unspecified atom stereocenters. The van der Waals surface area contributed by atoms with Crippen molar-refractivity contribution in [3.8, 4) is 23.3 Å². The van der Waals surface area contributed by atoms with Crippen molar-refractivity contribution >= 4 is 5.97 Å². The van der Waals surface area contributed by atoms with Crippen molar-refractivity contribution in [2.45, 2.75) is 117 Å². The minimum atomic E-state index is -1.01. The van der Waals surface area contributed by atoms with Gasteiger partial charge in [0.15, 0.2) is 11.6 Å². The third-order valence-corrected chi connectivity index (χ3v) is 8.11. The molecule has 0 heterocycles. The van der Waals surface area contributed by atoms with Crippen molar-refractivity contribution in [3.05, 3.63) is 59.2 Å². The summed E-state index contributed by atoms with van der Waals surface area (Å²) >= 11 is 0. The first-order chi connectivity index (χ1) is 20.0. The van der Waals surface area contributed by atoms with Crippen LogP contribution < -0.4 is 9.47 Å². The van der Waals surface area contributed by atoms with Gasteiger partial charge in [-0.15, -0.1) is 0 Å². The molecule has 3 rings (SSSR count). The number of carbonyl (C=O) groups is 1. The molecule has 5 heteroatoms. The van der Waals surface area contributed by atoms with E-state index >= 15 is 0 Å². The van der Waals surface area contributed by atoms with Gasteiger partial charge in [-0.25, -0.2) is 4.39 Å². The number of hydrogen-bond donors (Lipinski definition) is 0. The van der Waals surface area contributed by atoms with Gasteiger partial charge in [0.25, 0.3) is 0 Å². The lowest BCUT2D eigenvalue weighted by Gasteiger charge is -2.27. The molecule has 1 fully saturated rings. The second-order valence-corrected chi connectivity index (χ2v) is 11.5. The lowest BCUT2D eigenvalue weighted by molar-refractivity contribution is -0.140. The average molecular weight is 567 g/mol. The smallest absolute Gasteiger partial charge is 0.314 e. The topological polar surface area (TPSA) is 35.5 Å². The Balaban J connectivity index is 1.42. The van der Waals surface area contributed by atoms with Crippen LogP contribution in [0.4, 0.5) is 8.78 Å². The summed E-state index contributed by atoms with van der Waals surface area (Å²) in [5.41, 5.74) is 0.593. The van der Waals surface area contributed by atoms with Gasteiger partial charge in [-0.1, -0.05) is 96.3 Å². The van der Waals surface area contributed by atoms with E-state index in [1.54, 1.807) is 24.3 Å². The molecule has 0 saturated heterocycles. The normalized spacial score (nSPS) is 16.6. The lowest BCUT2D eigenvalue weighted by Crippen LogP contribution is -2.25. The molecule has 0 radical (unpaired) electrons. The maximum Gasteiger partial charge on any atom is 0.314 e. The second-order valence-electron chi connectivity index (χ2n) is 11.5. The number of halogens is 2. The van der Waals surface area contributed by atoms with Crippen LogP contribution in [0.15, 0.2) is 36.4 Å². The largest absolute Gasteiger partial charge is 0.490 e. The monoisotopic (exact) mass is 566 g/mol. The Morgan fingerprint density at radius 3 is 2.07 bits per heavy atom. The van der Waals surface area contributed by atoms with E-state index in [9.17, 15) is 13.6 Å². The summed E-state index contributed by atoms with van der Waals surface area (Å²) in [6.45, 7) is 4.80. The molecule has 0 amide bonds. The third-order valence-electron chi connectivity index (χ3n) is 8.11. The van der Waals surface area contributed by atoms with Crippen molar-refractivity contribution in [1.29, 1.82) is 0 Å². The van der Waals surface area contributed by atoms with Crippen LogP contribution in [-0.2, 0) is 4.79 Å². The fourth-order valence-corrected chi connectivity index (χ4v) is 5.47. The van der Waals surface area contributed by atoms with Crippen molar-refractivity contribution < 1.29 is 23.0 Å². The highest BCUT2D eigenvalue weighted by Gasteiger charge is 2.27. The van der Waals surface area contributed by atoms with Gasteiger partial charge in [0.2, 0.25) is 5.82 Å². The molecule has 0 bridgehead atoms. The first-order valence-corrected chi connectivity index (χ1v) is 16.0. The van der Waals surface area contributed by atoms with Crippen LogP contribution in [0.5, 0.6) is 11.5 Å². The number of rotatable bonds is 16. The molecule has 0 spiro atoms. The Kier molecular flexibility index (Phi) is 14.8. The fourth-order valence-electron chi connectivity index (χ4n) is 5.47. The van der Waals surface area contributed by atoms with E-state index in [1.807, 2.05) is 0 Å². The van der Waals surface area contributed by atoms with Crippen LogP contribution in [0, 0.1) is 35.3 Å². The average Bonchev–Trinajstić information content (AvgIpc) is 2.99. The van der Waals surface area contributed by atoms with Crippen molar-refractivity contribution in [2.75, 3.05) is 6.61 Å². The zero-order chi connectivity index (χ0) is 29.3. The standard InChI is InChI=1S/C36H48F2O3/c1-3-5-7-8-9-10-11-13-27-40-33-26-23-30(34(37)35(33)38)20-15-29-18-24-32(25-19-29)41-36(39)31-21-16-28(17-22-31)14-12-6-4-2/h18-19,23-26,28,31H,3-14,16-17,21-22,27H2,1-2H3. The zero-order valence-corrected chi connectivity index (χ0v) is 25.1. The van der Waals surface area contributed by atoms with Gasteiger partial charge in [0.05, 0.1) is 18.1 Å². The van der Waals surface area contributed by atoms with Gasteiger partial charge in [-0.2, -0.15) is 4.39 Å². The van der Waals surface area contributed by atoms with E-state index in [2.05, 4.69) is 25.7 Å². The number of benzene rings is 2. The van der Waals surface area contributed by atoms with Crippen LogP contribution in [0.1, 0.15) is 128 Å². The van der Waals surface area contributed by atoms with Crippen LogP contribution in [0.3, 0.4) is 0 Å². The van der Waals surface area contributed by atoms with Gasteiger partial charge < -0.3 is 9.47 Å². The molecule has 224 valence electrons. The van der Waals surface area contributed by atoms with Crippen molar-refractivity contribution in [1.82, 2.24) is 0 Å². The number of esters is 1. The third kappa shape index (κ3) is 11.5. The van der Waals surface area contributed by atoms with Crippen LogP contribution in [0.2, 0.25) is 0 Å². The molecule has 2 aromatic carbocycles. The minimum Gasteiger partial charge on any atom is -0.490 e. The van der Waals surface area contributed by atoms with E-state index in [4.69, 9.17) is 9.47 Å². The van der Waals surface area contributed by atoms with Gasteiger partial charge in [-0.05, 0) is 74.4 Å². The van der Waals surface area contributed by atoms with Gasteiger partial charge in [-0.3, -0.25) is 4.79 Å². The molecule has 0 N–H and O–H groups in total. The van der Waals surface area contributed by atoms with E-state index < -0.39 is 11.6 Å². The Bertz CT molecular complexity index is 1110. The maximum absolute atomic E-state index is 14.6. The van der Waals surface area contributed by atoms with E-state index in [0.717, 1.165) is 50.9 Å². The summed E-state index contributed by atoms with van der Waals surface area (Å²) in [6, 6.07) is 9.71. The van der Waals surface area contributed by atoms with Crippen LogP contribution in [-0.4, -0.2) is 12.6 Å². The van der Waals surface area contributed by atoms with E-state index in [1.165, 1.54) is 69.9 Å². The number of hydrogen-bond acceptors (Lipinski definition) is 3. The molecule has 1 saturated carbocycles. The van der Waals surface area contributed by atoms with Crippen LogP contribution >= 0.6 is 0 Å². The highest BCUT2D eigenvalue weighted by atomic mass is 19.2. The minimum absolute atomic E-state index is 0.0252. The molecule has 3 nitrogen and oxygen atoms in total. The SMILES string of the molecule is CCCCCCCCCCOc1ccc(C#Cc2ccc(OC(=O)C3CCC(CCCCC)CC3)cc2)c(F)c1F. The van der Waals surface area contributed by atoms with E-state index in [0.29, 0.717) is 17.9 Å². The molecular weight excluding hydrogens is 518 g/mol. The number of unbranched alkanes of at least 4 members (excludes halogenated alkanes) is 9. The molecular formula is C36H48F2O3. The van der Waals surface area contributed by atoms with Gasteiger partial charge in [0.1, 0.15) is 5.75 Å². The fraction of sp³-hybridized carbons (Fsp3) is 0.583. The Morgan fingerprint density at radius 2 is 1.39 bits per heavy atom. The second kappa shape index (κ2) is 18.5. The summed E-state index contributed by atoms with van der Waals surface area (Å²) in [5.74, 6) is 4.49. The van der Waals surface area contributed by atoms with E-state index in [-0.39, 0.29) is 23.2 Å². The summed E-state index contributed by atoms with van der Waals surface area (Å²) in [7, 11) is 0. The Labute approximate surface area is 246 Å². The van der Waals surface area contributed by atoms with Gasteiger partial charge in [0, 0.05) is 5.56 Å². The molecule has 1 aliphatic rings. The Hall–Kier alpha value is -2.87. The molecule has 1 aliphatic carbocycles. The van der Waals surface area contributed by atoms with Crippen molar-refractivity contribution in [2.24, 2.45) is 11.8 Å².